The molecule has 0 aliphatic carbocycles. The second-order valence-corrected chi connectivity index (χ2v) is 7.71. The first-order valence-corrected chi connectivity index (χ1v) is 9.44. The Morgan fingerprint density at radius 3 is 2.95 bits per heavy atom. The van der Waals surface area contributed by atoms with Gasteiger partial charge in [-0.15, -0.1) is 10.2 Å². The topological polar surface area (TPSA) is 66.9 Å². The lowest BCUT2D eigenvalue weighted by Crippen LogP contribution is -2.14. The zero-order chi connectivity index (χ0) is 15.9. The highest BCUT2D eigenvalue weighted by molar-refractivity contribution is 9.10. The zero-order valence-corrected chi connectivity index (χ0v) is 15.6. The van der Waals surface area contributed by atoms with Gasteiger partial charge in [0.1, 0.15) is 0 Å². The van der Waals surface area contributed by atoms with E-state index in [0.29, 0.717) is 5.75 Å². The van der Waals surface area contributed by atoms with Crippen LogP contribution >= 0.6 is 39.0 Å². The van der Waals surface area contributed by atoms with Gasteiger partial charge < -0.3 is 10.6 Å². The molecule has 1 amide bonds. The van der Waals surface area contributed by atoms with Crippen LogP contribution in [0.1, 0.15) is 18.9 Å². The van der Waals surface area contributed by atoms with Crippen molar-refractivity contribution < 1.29 is 4.79 Å². The summed E-state index contributed by atoms with van der Waals surface area (Å²) >= 11 is 6.27. The summed E-state index contributed by atoms with van der Waals surface area (Å²) in [4.78, 5) is 12.0. The molecule has 22 heavy (non-hydrogen) atoms. The smallest absolute Gasteiger partial charge is 0.234 e. The lowest BCUT2D eigenvalue weighted by molar-refractivity contribution is -0.113. The van der Waals surface area contributed by atoms with E-state index in [9.17, 15) is 4.79 Å². The largest absolute Gasteiger partial charge is 0.360 e. The van der Waals surface area contributed by atoms with E-state index in [2.05, 4.69) is 43.7 Å². The van der Waals surface area contributed by atoms with E-state index in [1.54, 1.807) is 0 Å². The first kappa shape index (κ1) is 17.2. The van der Waals surface area contributed by atoms with Crippen LogP contribution in [-0.2, 0) is 4.79 Å². The van der Waals surface area contributed by atoms with Gasteiger partial charge in [0.15, 0.2) is 4.34 Å². The monoisotopic (exact) mass is 400 g/mol. The lowest BCUT2D eigenvalue weighted by Gasteiger charge is -2.07. The number of anilines is 2. The standard InChI is InChI=1S/C14H17BrN4OS2/c1-3-6-16-13-18-19-14(22-13)21-8-12(20)17-11-5-4-10(15)7-9(11)2/h4-5,7H,3,6,8H2,1-2H3,(H,16,18)(H,17,20). The normalized spacial score (nSPS) is 10.5. The summed E-state index contributed by atoms with van der Waals surface area (Å²) in [6.45, 7) is 4.94. The van der Waals surface area contributed by atoms with Crippen LogP contribution in [0.3, 0.4) is 0 Å². The number of thioether (sulfide) groups is 1. The minimum absolute atomic E-state index is 0.0475. The number of halogens is 1. The van der Waals surface area contributed by atoms with Crippen LogP contribution in [0.5, 0.6) is 0 Å². The number of rotatable bonds is 7. The summed E-state index contributed by atoms with van der Waals surface area (Å²) in [5.41, 5.74) is 1.85. The summed E-state index contributed by atoms with van der Waals surface area (Å²) < 4.78 is 1.79. The van der Waals surface area contributed by atoms with Gasteiger partial charge in [-0.2, -0.15) is 0 Å². The molecule has 0 radical (unpaired) electrons. The van der Waals surface area contributed by atoms with Crippen molar-refractivity contribution in [2.24, 2.45) is 0 Å². The zero-order valence-electron chi connectivity index (χ0n) is 12.4. The van der Waals surface area contributed by atoms with Crippen LogP contribution in [0.25, 0.3) is 0 Å². The third-order valence-corrected chi connectivity index (χ3v) is 5.23. The molecule has 0 fully saturated rings. The molecule has 0 aliphatic rings. The van der Waals surface area contributed by atoms with E-state index in [4.69, 9.17) is 0 Å². The van der Waals surface area contributed by atoms with Crippen molar-refractivity contribution in [1.82, 2.24) is 10.2 Å². The van der Waals surface area contributed by atoms with Crippen LogP contribution in [0.2, 0.25) is 0 Å². The molecule has 0 saturated carbocycles. The van der Waals surface area contributed by atoms with Gasteiger partial charge in [-0.25, -0.2) is 0 Å². The molecule has 2 rings (SSSR count). The number of amides is 1. The molecule has 0 atom stereocenters. The third-order valence-electron chi connectivity index (χ3n) is 2.72. The van der Waals surface area contributed by atoms with Gasteiger partial charge in [0.25, 0.3) is 0 Å². The van der Waals surface area contributed by atoms with Crippen molar-refractivity contribution in [2.75, 3.05) is 22.9 Å². The first-order chi connectivity index (χ1) is 10.6. The van der Waals surface area contributed by atoms with Gasteiger partial charge >= 0.3 is 0 Å². The van der Waals surface area contributed by atoms with E-state index in [1.165, 1.54) is 23.1 Å². The quantitative estimate of drug-likeness (QED) is 0.682. The number of hydrogen-bond acceptors (Lipinski definition) is 6. The predicted octanol–water partition coefficient (Wildman–Crippen LogP) is 4.16. The van der Waals surface area contributed by atoms with Crippen LogP contribution in [0.4, 0.5) is 10.8 Å². The van der Waals surface area contributed by atoms with E-state index < -0.39 is 0 Å². The molecule has 8 heteroatoms. The maximum atomic E-state index is 12.0. The molecule has 0 saturated heterocycles. The Hall–Kier alpha value is -1.12. The summed E-state index contributed by atoms with van der Waals surface area (Å²) in [6, 6.07) is 5.77. The highest BCUT2D eigenvalue weighted by Crippen LogP contribution is 2.26. The fourth-order valence-electron chi connectivity index (χ4n) is 1.65. The minimum atomic E-state index is -0.0475. The molecular formula is C14H17BrN4OS2. The highest BCUT2D eigenvalue weighted by Gasteiger charge is 2.09. The van der Waals surface area contributed by atoms with E-state index in [0.717, 1.165) is 38.2 Å². The number of nitrogens with one attached hydrogen (secondary N) is 2. The Balaban J connectivity index is 1.83. The van der Waals surface area contributed by atoms with Crippen LogP contribution < -0.4 is 10.6 Å². The SMILES string of the molecule is CCCNc1nnc(SCC(=O)Nc2ccc(Br)cc2C)s1. The summed E-state index contributed by atoms with van der Waals surface area (Å²) in [5.74, 6) is 0.270. The number of carbonyl (C=O) groups excluding carboxylic acids is 1. The number of benzene rings is 1. The van der Waals surface area contributed by atoms with Crippen LogP contribution in [0, 0.1) is 6.92 Å². The lowest BCUT2D eigenvalue weighted by atomic mass is 10.2. The van der Waals surface area contributed by atoms with Crippen molar-refractivity contribution in [2.45, 2.75) is 24.6 Å². The summed E-state index contributed by atoms with van der Waals surface area (Å²) in [7, 11) is 0. The molecule has 0 spiro atoms. The maximum Gasteiger partial charge on any atom is 0.234 e. The Bertz CT molecular complexity index is 648. The second-order valence-electron chi connectivity index (χ2n) is 4.60. The molecule has 1 heterocycles. The molecule has 0 aliphatic heterocycles. The van der Waals surface area contributed by atoms with Crippen molar-refractivity contribution in [3.05, 3.63) is 28.2 Å². The number of nitrogens with zero attached hydrogens (tertiary/aromatic N) is 2. The molecule has 2 N–H and O–H groups in total. The Morgan fingerprint density at radius 1 is 1.41 bits per heavy atom. The molecule has 0 bridgehead atoms. The summed E-state index contributed by atoms with van der Waals surface area (Å²) in [6.07, 6.45) is 1.04. The summed E-state index contributed by atoms with van der Waals surface area (Å²) in [5, 5.41) is 15.0. The Morgan fingerprint density at radius 2 is 2.23 bits per heavy atom. The molecule has 1 aromatic heterocycles. The van der Waals surface area contributed by atoms with Crippen LogP contribution in [0.15, 0.2) is 27.0 Å². The van der Waals surface area contributed by atoms with Gasteiger partial charge in [0.2, 0.25) is 11.0 Å². The van der Waals surface area contributed by atoms with Crippen LogP contribution in [-0.4, -0.2) is 28.4 Å². The van der Waals surface area contributed by atoms with Crippen molar-refractivity contribution in [1.29, 1.82) is 0 Å². The van der Waals surface area contributed by atoms with Crippen molar-refractivity contribution in [3.8, 4) is 0 Å². The van der Waals surface area contributed by atoms with Gasteiger partial charge in [-0.3, -0.25) is 4.79 Å². The fourth-order valence-corrected chi connectivity index (χ4v) is 3.71. The average Bonchev–Trinajstić information content (AvgIpc) is 2.94. The third kappa shape index (κ3) is 5.26. The first-order valence-electron chi connectivity index (χ1n) is 6.84. The highest BCUT2D eigenvalue weighted by atomic mass is 79.9. The van der Waals surface area contributed by atoms with Crippen molar-refractivity contribution >= 4 is 55.8 Å². The molecule has 1 aromatic carbocycles. The van der Waals surface area contributed by atoms with E-state index >= 15 is 0 Å². The number of carbonyl (C=O) groups is 1. The number of aryl methyl sites for hydroxylation is 1. The number of aromatic nitrogens is 2. The van der Waals surface area contributed by atoms with Gasteiger partial charge in [-0.1, -0.05) is 46.0 Å². The van der Waals surface area contributed by atoms with Gasteiger partial charge in [0, 0.05) is 16.7 Å². The fraction of sp³-hybridized carbons (Fsp3) is 0.357. The van der Waals surface area contributed by atoms with Crippen molar-refractivity contribution in [3.63, 3.8) is 0 Å². The molecular weight excluding hydrogens is 384 g/mol. The molecule has 118 valence electrons. The number of hydrogen-bond donors (Lipinski definition) is 2. The molecule has 0 unspecified atom stereocenters. The van der Waals surface area contributed by atoms with Gasteiger partial charge in [-0.05, 0) is 37.1 Å². The molecule has 5 nitrogen and oxygen atoms in total. The average molecular weight is 401 g/mol. The Labute approximate surface area is 146 Å². The Kier molecular flexibility index (Phi) is 6.66. The maximum absolute atomic E-state index is 12.0. The second kappa shape index (κ2) is 8.50. The molecule has 2 aromatic rings. The van der Waals surface area contributed by atoms with E-state index in [1.807, 2.05) is 25.1 Å². The van der Waals surface area contributed by atoms with E-state index in [-0.39, 0.29) is 5.91 Å². The van der Waals surface area contributed by atoms with Gasteiger partial charge in [0.05, 0.1) is 5.75 Å². The predicted molar refractivity (Wildman–Crippen MR) is 96.9 cm³/mol. The minimum Gasteiger partial charge on any atom is -0.360 e.